The zero-order valence-corrected chi connectivity index (χ0v) is 15.6. The molecule has 5 rings (SSSR count). The van der Waals surface area contributed by atoms with Crippen LogP contribution < -0.4 is 5.32 Å². The normalized spacial score (nSPS) is 13.8. The van der Waals surface area contributed by atoms with Crippen molar-refractivity contribution in [2.75, 3.05) is 5.32 Å². The molecule has 3 aromatic heterocycles. The van der Waals surface area contributed by atoms with E-state index in [1.54, 1.807) is 4.68 Å². The van der Waals surface area contributed by atoms with Crippen molar-refractivity contribution in [3.05, 3.63) is 65.2 Å². The van der Waals surface area contributed by atoms with Crippen LogP contribution in [0.3, 0.4) is 0 Å². The van der Waals surface area contributed by atoms with Crippen molar-refractivity contribution >= 4 is 22.7 Å². The first-order valence-electron chi connectivity index (χ1n) is 9.29. The molecule has 1 aliphatic rings. The molecular weight excluding hydrogens is 354 g/mol. The Balaban J connectivity index is 1.44. The fraction of sp³-hybridized carbons (Fsp3) is 0.238. The van der Waals surface area contributed by atoms with Crippen LogP contribution >= 0.6 is 0 Å². The maximum absolute atomic E-state index is 13.0. The number of aromatic nitrogens is 4. The molecule has 0 saturated heterocycles. The molecule has 0 spiro atoms. The molecule has 3 heterocycles. The van der Waals surface area contributed by atoms with Crippen LogP contribution in [0.4, 0.5) is 5.69 Å². The van der Waals surface area contributed by atoms with Crippen molar-refractivity contribution in [1.82, 2.24) is 19.9 Å². The number of anilines is 1. The Hall–Kier alpha value is -3.48. The summed E-state index contributed by atoms with van der Waals surface area (Å²) < 4.78 is 7.13. The van der Waals surface area contributed by atoms with Crippen molar-refractivity contribution in [2.24, 2.45) is 0 Å². The van der Waals surface area contributed by atoms with Crippen LogP contribution in [0.5, 0.6) is 0 Å². The van der Waals surface area contributed by atoms with Crippen LogP contribution in [0.25, 0.3) is 16.8 Å². The molecule has 1 amide bonds. The number of nitrogens with one attached hydrogen (secondary N) is 1. The number of hydrogen-bond acceptors (Lipinski definition) is 5. The summed E-state index contributed by atoms with van der Waals surface area (Å²) in [5.74, 6) is 0.224. The van der Waals surface area contributed by atoms with Gasteiger partial charge < -0.3 is 9.84 Å². The molecule has 28 heavy (non-hydrogen) atoms. The molecule has 0 radical (unpaired) electrons. The minimum absolute atomic E-state index is 0.191. The monoisotopic (exact) mass is 373 g/mol. The SMILES string of the molecule is Cc1ccn(-c2ccc(NC(=O)c3cc(C4CC4)nc4onc(C)c34)cc2)n1. The van der Waals surface area contributed by atoms with Gasteiger partial charge in [-0.15, -0.1) is 0 Å². The molecule has 140 valence electrons. The van der Waals surface area contributed by atoms with E-state index < -0.39 is 0 Å². The number of hydrogen-bond donors (Lipinski definition) is 1. The van der Waals surface area contributed by atoms with Gasteiger partial charge in [-0.1, -0.05) is 5.16 Å². The summed E-state index contributed by atoms with van der Waals surface area (Å²) in [4.78, 5) is 17.5. The molecule has 4 aromatic rings. The number of fused-ring (bicyclic) bond motifs is 1. The lowest BCUT2D eigenvalue weighted by Crippen LogP contribution is -2.13. The van der Waals surface area contributed by atoms with E-state index in [9.17, 15) is 4.79 Å². The molecule has 1 fully saturated rings. The smallest absolute Gasteiger partial charge is 0.259 e. The van der Waals surface area contributed by atoms with Gasteiger partial charge >= 0.3 is 0 Å². The molecule has 7 heteroatoms. The van der Waals surface area contributed by atoms with Gasteiger partial charge in [-0.25, -0.2) is 9.67 Å². The van der Waals surface area contributed by atoms with Crippen LogP contribution in [0.1, 0.15) is 46.2 Å². The molecule has 0 bridgehead atoms. The average Bonchev–Trinajstić information content (AvgIpc) is 3.36. The lowest BCUT2D eigenvalue weighted by molar-refractivity contribution is 0.102. The molecule has 1 N–H and O–H groups in total. The van der Waals surface area contributed by atoms with Gasteiger partial charge in [0.05, 0.1) is 28.0 Å². The van der Waals surface area contributed by atoms with E-state index in [0.29, 0.717) is 34.0 Å². The fourth-order valence-electron chi connectivity index (χ4n) is 3.34. The van der Waals surface area contributed by atoms with E-state index in [2.05, 4.69) is 20.6 Å². The quantitative estimate of drug-likeness (QED) is 0.581. The first-order valence-corrected chi connectivity index (χ1v) is 9.29. The maximum atomic E-state index is 13.0. The van der Waals surface area contributed by atoms with E-state index in [0.717, 1.165) is 29.9 Å². The number of aryl methyl sites for hydroxylation is 2. The van der Waals surface area contributed by atoms with Crippen molar-refractivity contribution in [3.8, 4) is 5.69 Å². The largest absolute Gasteiger partial charge is 0.336 e. The standard InChI is InChI=1S/C21H19N5O2/c1-12-9-10-26(24-12)16-7-5-15(6-8-16)22-20(27)17-11-18(14-3-4-14)23-21-19(17)13(2)25-28-21/h5-11,14H,3-4H2,1-2H3,(H,22,27). The first kappa shape index (κ1) is 16.7. The van der Waals surface area contributed by atoms with Crippen molar-refractivity contribution in [2.45, 2.75) is 32.6 Å². The number of benzene rings is 1. The summed E-state index contributed by atoms with van der Waals surface area (Å²) in [6.45, 7) is 3.77. The Morgan fingerprint density at radius 2 is 1.96 bits per heavy atom. The summed E-state index contributed by atoms with van der Waals surface area (Å²) in [7, 11) is 0. The Morgan fingerprint density at radius 3 is 2.64 bits per heavy atom. The van der Waals surface area contributed by atoms with Gasteiger partial charge in [0.15, 0.2) is 0 Å². The molecule has 1 aliphatic carbocycles. The number of nitrogens with zero attached hydrogens (tertiary/aromatic N) is 4. The third-order valence-corrected chi connectivity index (χ3v) is 4.99. The van der Waals surface area contributed by atoms with E-state index in [1.807, 2.05) is 56.4 Å². The van der Waals surface area contributed by atoms with Gasteiger partial charge in [0, 0.05) is 23.5 Å². The van der Waals surface area contributed by atoms with Crippen LogP contribution in [0.15, 0.2) is 47.1 Å². The zero-order valence-electron chi connectivity index (χ0n) is 15.6. The van der Waals surface area contributed by atoms with E-state index in [1.165, 1.54) is 0 Å². The van der Waals surface area contributed by atoms with Crippen LogP contribution in [-0.4, -0.2) is 25.8 Å². The van der Waals surface area contributed by atoms with Gasteiger partial charge in [0.1, 0.15) is 0 Å². The number of carbonyl (C=O) groups excluding carboxylic acids is 1. The summed E-state index contributed by atoms with van der Waals surface area (Å²) in [6.07, 6.45) is 4.10. The second kappa shape index (κ2) is 6.30. The molecule has 0 atom stereocenters. The van der Waals surface area contributed by atoms with Crippen LogP contribution in [-0.2, 0) is 0 Å². The molecule has 0 unspecified atom stereocenters. The highest BCUT2D eigenvalue weighted by molar-refractivity contribution is 6.12. The van der Waals surface area contributed by atoms with Crippen molar-refractivity contribution in [3.63, 3.8) is 0 Å². The number of carbonyl (C=O) groups is 1. The highest BCUT2D eigenvalue weighted by Gasteiger charge is 2.28. The molecule has 0 aliphatic heterocycles. The molecule has 7 nitrogen and oxygen atoms in total. The van der Waals surface area contributed by atoms with Gasteiger partial charge in [-0.2, -0.15) is 5.10 Å². The van der Waals surface area contributed by atoms with E-state index >= 15 is 0 Å². The second-order valence-electron chi connectivity index (χ2n) is 7.22. The third kappa shape index (κ3) is 2.94. The Bertz CT molecular complexity index is 1190. The minimum atomic E-state index is -0.191. The lowest BCUT2D eigenvalue weighted by atomic mass is 10.1. The average molecular weight is 373 g/mol. The fourth-order valence-corrected chi connectivity index (χ4v) is 3.34. The Kier molecular flexibility index (Phi) is 3.75. The predicted molar refractivity (Wildman–Crippen MR) is 105 cm³/mol. The van der Waals surface area contributed by atoms with Crippen molar-refractivity contribution in [1.29, 1.82) is 0 Å². The maximum Gasteiger partial charge on any atom is 0.259 e. The highest BCUT2D eigenvalue weighted by atomic mass is 16.5. The predicted octanol–water partition coefficient (Wildman–Crippen LogP) is 4.16. The number of rotatable bonds is 4. The summed E-state index contributed by atoms with van der Waals surface area (Å²) in [6, 6.07) is 11.4. The van der Waals surface area contributed by atoms with Gasteiger partial charge in [-0.05, 0) is 63.1 Å². The number of amides is 1. The van der Waals surface area contributed by atoms with Crippen LogP contribution in [0.2, 0.25) is 0 Å². The van der Waals surface area contributed by atoms with Gasteiger partial charge in [0.25, 0.3) is 11.6 Å². The summed E-state index contributed by atoms with van der Waals surface area (Å²) >= 11 is 0. The number of pyridine rings is 1. The van der Waals surface area contributed by atoms with Crippen LogP contribution in [0, 0.1) is 13.8 Å². The van der Waals surface area contributed by atoms with E-state index in [4.69, 9.17) is 4.52 Å². The summed E-state index contributed by atoms with van der Waals surface area (Å²) in [5, 5.41) is 12.0. The minimum Gasteiger partial charge on any atom is -0.336 e. The first-order chi connectivity index (χ1) is 13.6. The van der Waals surface area contributed by atoms with Gasteiger partial charge in [-0.3, -0.25) is 4.79 Å². The molecular formula is C21H19N5O2. The Morgan fingerprint density at radius 1 is 1.18 bits per heavy atom. The zero-order chi connectivity index (χ0) is 19.3. The molecule has 1 aromatic carbocycles. The topological polar surface area (TPSA) is 85.8 Å². The summed E-state index contributed by atoms with van der Waals surface area (Å²) in [5.41, 5.74) is 5.15. The van der Waals surface area contributed by atoms with Gasteiger partial charge in [0.2, 0.25) is 0 Å². The van der Waals surface area contributed by atoms with Crippen molar-refractivity contribution < 1.29 is 9.32 Å². The Labute approximate surface area is 161 Å². The third-order valence-electron chi connectivity index (χ3n) is 4.99. The molecule has 1 saturated carbocycles. The van der Waals surface area contributed by atoms with E-state index in [-0.39, 0.29) is 5.91 Å². The second-order valence-corrected chi connectivity index (χ2v) is 7.22. The highest BCUT2D eigenvalue weighted by Crippen LogP contribution is 2.40. The lowest BCUT2D eigenvalue weighted by Gasteiger charge is -2.09.